The number of carboxylic acid groups (broad SMARTS) is 1. The van der Waals surface area contributed by atoms with Crippen molar-refractivity contribution in [2.75, 3.05) is 26.4 Å². The van der Waals surface area contributed by atoms with Gasteiger partial charge in [0.2, 0.25) is 0 Å². The first-order valence-electron chi connectivity index (χ1n) is 20.1. The van der Waals surface area contributed by atoms with E-state index in [9.17, 15) is 19.0 Å². The molecule has 49 heavy (non-hydrogen) atoms. The number of carbonyl (C=O) groups excluding carboxylic acids is 1. The minimum atomic E-state index is -4.60. The summed E-state index contributed by atoms with van der Waals surface area (Å²) in [6.45, 7) is 3.90. The fraction of sp³-hybridized carbons (Fsp3) is 0.947. The maximum atomic E-state index is 12.6. The van der Waals surface area contributed by atoms with Crippen LogP contribution in [0, 0.1) is 0 Å². The molecule has 0 aromatic heterocycles. The van der Waals surface area contributed by atoms with Gasteiger partial charge in [0.25, 0.3) is 0 Å². The van der Waals surface area contributed by atoms with Crippen molar-refractivity contribution in [3.63, 3.8) is 0 Å². The first-order valence-corrected chi connectivity index (χ1v) is 21.6. The standard InChI is InChI=1S/C38H76NO9P/c1-3-5-7-9-11-13-15-17-18-19-20-22-24-26-28-30-37(40)48-35(33-46-49(43,44)47-34-36(39)38(41)42)32-45-31-29-27-25-23-21-16-14-12-10-8-6-4-2/h35-36H,3-34,39H2,1-2H3,(H,41,42)(H,43,44)/t35-,36+/m1/s1. The summed E-state index contributed by atoms with van der Waals surface area (Å²) in [6.07, 6.45) is 32.9. The number of rotatable bonds is 39. The molecule has 0 aliphatic rings. The van der Waals surface area contributed by atoms with Crippen molar-refractivity contribution in [3.05, 3.63) is 0 Å². The third-order valence-electron chi connectivity index (χ3n) is 8.89. The number of esters is 1. The SMILES string of the molecule is CCCCCCCCCCCCCCCCCC(=O)O[C@H](COCCCCCCCCCCCCCC)COP(=O)(O)OC[C@H](N)C(=O)O. The first-order chi connectivity index (χ1) is 23.7. The molecule has 4 N–H and O–H groups in total. The zero-order valence-electron chi connectivity index (χ0n) is 31.6. The molecule has 0 aromatic carbocycles. The maximum Gasteiger partial charge on any atom is 0.472 e. The van der Waals surface area contributed by atoms with Gasteiger partial charge in [-0.3, -0.25) is 18.6 Å². The minimum Gasteiger partial charge on any atom is -0.480 e. The zero-order chi connectivity index (χ0) is 36.3. The van der Waals surface area contributed by atoms with Crippen molar-refractivity contribution in [3.8, 4) is 0 Å². The zero-order valence-corrected chi connectivity index (χ0v) is 32.5. The summed E-state index contributed by atoms with van der Waals surface area (Å²) in [5.41, 5.74) is 5.34. The summed E-state index contributed by atoms with van der Waals surface area (Å²) in [5, 5.41) is 8.87. The fourth-order valence-electron chi connectivity index (χ4n) is 5.72. The number of aliphatic carboxylic acids is 1. The van der Waals surface area contributed by atoms with Crippen molar-refractivity contribution in [2.45, 2.75) is 206 Å². The van der Waals surface area contributed by atoms with E-state index in [0.717, 1.165) is 38.5 Å². The predicted molar refractivity (Wildman–Crippen MR) is 199 cm³/mol. The Kier molecular flexibility index (Phi) is 34.6. The molecule has 0 aliphatic heterocycles. The fourth-order valence-corrected chi connectivity index (χ4v) is 6.50. The van der Waals surface area contributed by atoms with Crippen molar-refractivity contribution >= 4 is 19.8 Å². The molecule has 0 saturated heterocycles. The van der Waals surface area contributed by atoms with Crippen LogP contribution >= 0.6 is 7.82 Å². The Balaban J connectivity index is 4.24. The summed E-state index contributed by atoms with van der Waals surface area (Å²) in [4.78, 5) is 33.4. The number of carbonyl (C=O) groups is 2. The summed E-state index contributed by atoms with van der Waals surface area (Å²) in [6, 6.07) is -1.47. The monoisotopic (exact) mass is 722 g/mol. The number of hydrogen-bond donors (Lipinski definition) is 3. The van der Waals surface area contributed by atoms with Gasteiger partial charge in [-0.2, -0.15) is 0 Å². The van der Waals surface area contributed by atoms with Gasteiger partial charge in [0, 0.05) is 13.0 Å². The van der Waals surface area contributed by atoms with E-state index < -0.39 is 45.1 Å². The molecule has 0 heterocycles. The Morgan fingerprint density at radius 3 is 1.35 bits per heavy atom. The van der Waals surface area contributed by atoms with Crippen LogP contribution in [0.25, 0.3) is 0 Å². The van der Waals surface area contributed by atoms with E-state index in [1.54, 1.807) is 0 Å². The van der Waals surface area contributed by atoms with E-state index in [4.69, 9.17) is 29.4 Å². The lowest BCUT2D eigenvalue weighted by Gasteiger charge is -2.20. The highest BCUT2D eigenvalue weighted by Crippen LogP contribution is 2.43. The minimum absolute atomic E-state index is 0.0251. The molecule has 0 radical (unpaired) electrons. The quantitative estimate of drug-likeness (QED) is 0.0317. The Morgan fingerprint density at radius 1 is 0.571 bits per heavy atom. The largest absolute Gasteiger partial charge is 0.480 e. The van der Waals surface area contributed by atoms with Crippen molar-refractivity contribution in [1.82, 2.24) is 0 Å². The highest BCUT2D eigenvalue weighted by Gasteiger charge is 2.27. The molecule has 11 heteroatoms. The number of carboxylic acids is 1. The van der Waals surface area contributed by atoms with E-state index in [1.165, 1.54) is 135 Å². The van der Waals surface area contributed by atoms with Gasteiger partial charge in [-0.15, -0.1) is 0 Å². The van der Waals surface area contributed by atoms with Crippen LogP contribution in [-0.4, -0.2) is 60.5 Å². The van der Waals surface area contributed by atoms with Gasteiger partial charge in [0.1, 0.15) is 12.1 Å². The number of ether oxygens (including phenoxy) is 2. The van der Waals surface area contributed by atoms with E-state index in [1.807, 2.05) is 0 Å². The summed E-state index contributed by atoms with van der Waals surface area (Å²) in [5.74, 6) is -1.77. The van der Waals surface area contributed by atoms with Gasteiger partial charge < -0.3 is 25.2 Å². The number of phosphoric acid groups is 1. The molecule has 0 fully saturated rings. The second-order valence-corrected chi connectivity index (χ2v) is 15.2. The van der Waals surface area contributed by atoms with Crippen LogP contribution in [0.5, 0.6) is 0 Å². The number of hydrogen-bond acceptors (Lipinski definition) is 8. The predicted octanol–water partition coefficient (Wildman–Crippen LogP) is 10.4. The van der Waals surface area contributed by atoms with Crippen molar-refractivity contribution in [1.29, 1.82) is 0 Å². The average Bonchev–Trinajstić information content (AvgIpc) is 3.07. The lowest BCUT2D eigenvalue weighted by atomic mass is 10.0. The Labute approximate surface area is 299 Å². The highest BCUT2D eigenvalue weighted by molar-refractivity contribution is 7.47. The molecule has 10 nitrogen and oxygen atoms in total. The van der Waals surface area contributed by atoms with Gasteiger partial charge in [0.05, 0.1) is 19.8 Å². The van der Waals surface area contributed by atoms with Gasteiger partial charge in [-0.1, -0.05) is 174 Å². The number of phosphoric ester groups is 1. The van der Waals surface area contributed by atoms with Crippen molar-refractivity contribution in [2.24, 2.45) is 5.73 Å². The van der Waals surface area contributed by atoms with Crippen LogP contribution in [-0.2, 0) is 32.7 Å². The molecule has 3 atom stereocenters. The lowest BCUT2D eigenvalue weighted by Crippen LogP contribution is -2.34. The van der Waals surface area contributed by atoms with Gasteiger partial charge >= 0.3 is 19.8 Å². The van der Waals surface area contributed by atoms with Gasteiger partial charge in [-0.25, -0.2) is 4.57 Å². The lowest BCUT2D eigenvalue weighted by molar-refractivity contribution is -0.154. The molecule has 292 valence electrons. The van der Waals surface area contributed by atoms with E-state index in [2.05, 4.69) is 13.8 Å². The molecule has 0 aliphatic carbocycles. The molecular formula is C38H76NO9P. The van der Waals surface area contributed by atoms with Crippen LogP contribution < -0.4 is 5.73 Å². The molecular weight excluding hydrogens is 645 g/mol. The van der Waals surface area contributed by atoms with Crippen LogP contribution in [0.1, 0.15) is 194 Å². The molecule has 0 saturated carbocycles. The molecule has 0 rings (SSSR count). The second kappa shape index (κ2) is 35.4. The Morgan fingerprint density at radius 2 is 0.939 bits per heavy atom. The van der Waals surface area contributed by atoms with Gasteiger partial charge in [-0.05, 0) is 12.8 Å². The molecule has 0 amide bonds. The first kappa shape index (κ1) is 48.0. The summed E-state index contributed by atoms with van der Waals surface area (Å²) < 4.78 is 33.2. The molecule has 0 spiro atoms. The smallest absolute Gasteiger partial charge is 0.472 e. The molecule has 1 unspecified atom stereocenters. The van der Waals surface area contributed by atoms with Gasteiger partial charge in [0.15, 0.2) is 0 Å². The average molecular weight is 722 g/mol. The third kappa shape index (κ3) is 35.2. The summed E-state index contributed by atoms with van der Waals surface area (Å²) in [7, 11) is -4.60. The summed E-state index contributed by atoms with van der Waals surface area (Å²) >= 11 is 0. The van der Waals surface area contributed by atoms with Crippen LogP contribution in [0.3, 0.4) is 0 Å². The second-order valence-electron chi connectivity index (χ2n) is 13.8. The maximum absolute atomic E-state index is 12.6. The third-order valence-corrected chi connectivity index (χ3v) is 9.84. The Hall–Kier alpha value is -1.03. The topological polar surface area (TPSA) is 155 Å². The molecule has 0 aromatic rings. The van der Waals surface area contributed by atoms with E-state index >= 15 is 0 Å². The molecule has 0 bridgehead atoms. The van der Waals surface area contributed by atoms with Crippen LogP contribution in [0.15, 0.2) is 0 Å². The number of nitrogens with two attached hydrogens (primary N) is 1. The number of unbranched alkanes of at least 4 members (excludes halogenated alkanes) is 25. The van der Waals surface area contributed by atoms with Crippen LogP contribution in [0.4, 0.5) is 0 Å². The van der Waals surface area contributed by atoms with Crippen LogP contribution in [0.2, 0.25) is 0 Å². The highest BCUT2D eigenvalue weighted by atomic mass is 31.2. The Bertz CT molecular complexity index is 801. The van der Waals surface area contributed by atoms with E-state index in [-0.39, 0.29) is 13.0 Å². The normalized spacial score (nSPS) is 14.0. The van der Waals surface area contributed by atoms with Crippen molar-refractivity contribution < 1.29 is 42.7 Å². The van der Waals surface area contributed by atoms with E-state index in [0.29, 0.717) is 6.61 Å².